The minimum atomic E-state index is 0.229. The van der Waals surface area contributed by atoms with Crippen LogP contribution in [0.5, 0.6) is 0 Å². The highest BCUT2D eigenvalue weighted by Gasteiger charge is 2.14. The molecule has 0 saturated heterocycles. The maximum Gasteiger partial charge on any atom is 0.0665 e. The number of halogens is 1. The predicted molar refractivity (Wildman–Crippen MR) is 144 cm³/mol. The molecule has 0 fully saturated rings. The Kier molecular flexibility index (Phi) is 13.3. The van der Waals surface area contributed by atoms with Crippen molar-refractivity contribution in [3.05, 3.63) is 83.2 Å². The van der Waals surface area contributed by atoms with Gasteiger partial charge < -0.3 is 4.90 Å². The third kappa shape index (κ3) is 9.40. The number of nitrogens with zero attached hydrogens (tertiary/aromatic N) is 3. The molecule has 1 unspecified atom stereocenters. The summed E-state index contributed by atoms with van der Waals surface area (Å²) < 4.78 is 0. The highest BCUT2D eigenvalue weighted by Crippen LogP contribution is 2.27. The molecule has 3 nitrogen and oxygen atoms in total. The zero-order valence-corrected chi connectivity index (χ0v) is 21.3. The minimum absolute atomic E-state index is 0.229. The van der Waals surface area contributed by atoms with E-state index >= 15 is 0 Å². The predicted octanol–water partition coefficient (Wildman–Crippen LogP) is 8.28. The van der Waals surface area contributed by atoms with Gasteiger partial charge in [0, 0.05) is 23.8 Å². The molecular formula is C28H40ClN3. The normalized spacial score (nSPS) is 13.8. The van der Waals surface area contributed by atoms with Gasteiger partial charge >= 0.3 is 0 Å². The summed E-state index contributed by atoms with van der Waals surface area (Å²) in [4.78, 5) is 11.2. The van der Waals surface area contributed by atoms with E-state index in [0.29, 0.717) is 6.04 Å². The fraction of sp³-hybridized carbons (Fsp3) is 0.429. The summed E-state index contributed by atoms with van der Waals surface area (Å²) >= 11 is 6.32. The van der Waals surface area contributed by atoms with Gasteiger partial charge in [-0.2, -0.15) is 0 Å². The average molecular weight is 454 g/mol. The van der Waals surface area contributed by atoms with E-state index in [1.165, 1.54) is 11.1 Å². The van der Waals surface area contributed by atoms with Crippen LogP contribution in [0.2, 0.25) is 5.02 Å². The molecule has 174 valence electrons. The molecule has 4 heteroatoms. The highest BCUT2D eigenvalue weighted by molar-refractivity contribution is 6.30. The molecule has 0 heterocycles. The van der Waals surface area contributed by atoms with Crippen molar-refractivity contribution in [2.24, 2.45) is 9.98 Å². The molecule has 0 aromatic heterocycles. The van der Waals surface area contributed by atoms with Crippen molar-refractivity contribution in [2.45, 2.75) is 71.9 Å². The van der Waals surface area contributed by atoms with Crippen LogP contribution in [-0.4, -0.2) is 30.4 Å². The molecule has 0 spiro atoms. The van der Waals surface area contributed by atoms with Gasteiger partial charge in [-0.3, -0.25) is 9.98 Å². The molecular weight excluding hydrogens is 414 g/mol. The quantitative estimate of drug-likeness (QED) is 0.205. The first-order valence-corrected chi connectivity index (χ1v) is 12.0. The fourth-order valence-electron chi connectivity index (χ4n) is 3.84. The second kappa shape index (κ2) is 15.4. The number of allylic oxidation sites excluding steroid dienone is 5. The van der Waals surface area contributed by atoms with Gasteiger partial charge in [-0.05, 0) is 74.5 Å². The molecule has 0 aliphatic carbocycles. The molecule has 0 N–H and O–H groups in total. The number of hydrogen-bond acceptors (Lipinski definition) is 3. The lowest BCUT2D eigenvalue weighted by atomic mass is 10.0. The lowest BCUT2D eigenvalue weighted by Gasteiger charge is -2.27. The first kappa shape index (κ1) is 27.6. The SMILES string of the molecule is C=C/C=C(\C=C/N(C)C(CC)c1cc(C)cc(Cl)c1)C(/C=C\N=C)=N/C(CCC)CCC. The molecule has 0 radical (unpaired) electrons. The summed E-state index contributed by atoms with van der Waals surface area (Å²) in [5, 5.41) is 0.775. The van der Waals surface area contributed by atoms with Crippen LogP contribution in [0.25, 0.3) is 0 Å². The van der Waals surface area contributed by atoms with E-state index in [0.717, 1.165) is 48.4 Å². The number of hydrogen-bond donors (Lipinski definition) is 0. The van der Waals surface area contributed by atoms with Crippen LogP contribution in [0.4, 0.5) is 0 Å². The minimum Gasteiger partial charge on any atom is -0.373 e. The Morgan fingerprint density at radius 1 is 1.12 bits per heavy atom. The Hall–Kier alpha value is -2.39. The molecule has 1 aromatic rings. The smallest absolute Gasteiger partial charge is 0.0665 e. The Morgan fingerprint density at radius 3 is 2.34 bits per heavy atom. The molecule has 1 atom stereocenters. The highest BCUT2D eigenvalue weighted by atomic mass is 35.5. The lowest BCUT2D eigenvalue weighted by molar-refractivity contribution is 0.328. The van der Waals surface area contributed by atoms with Crippen LogP contribution in [0.1, 0.15) is 70.0 Å². The topological polar surface area (TPSA) is 28.0 Å². The van der Waals surface area contributed by atoms with E-state index in [4.69, 9.17) is 16.6 Å². The number of aliphatic imine (C=N–C) groups is 2. The second-order valence-electron chi connectivity index (χ2n) is 8.07. The Labute approximate surface area is 201 Å². The van der Waals surface area contributed by atoms with Crippen molar-refractivity contribution in [3.63, 3.8) is 0 Å². The average Bonchev–Trinajstić information content (AvgIpc) is 2.74. The van der Waals surface area contributed by atoms with Crippen LogP contribution < -0.4 is 0 Å². The van der Waals surface area contributed by atoms with Crippen molar-refractivity contribution in [2.75, 3.05) is 7.05 Å². The fourth-order valence-corrected chi connectivity index (χ4v) is 4.14. The zero-order valence-electron chi connectivity index (χ0n) is 20.5. The van der Waals surface area contributed by atoms with Crippen LogP contribution in [0.3, 0.4) is 0 Å². The third-order valence-corrected chi connectivity index (χ3v) is 5.53. The number of rotatable bonds is 14. The number of benzene rings is 1. The number of aryl methyl sites for hydroxylation is 1. The molecule has 1 aromatic carbocycles. The Balaban J connectivity index is 3.28. The molecule has 0 bridgehead atoms. The first-order chi connectivity index (χ1) is 15.4. The summed E-state index contributed by atoms with van der Waals surface area (Å²) in [6.07, 6.45) is 17.0. The largest absolute Gasteiger partial charge is 0.373 e. The van der Waals surface area contributed by atoms with Gasteiger partial charge in [0.05, 0.1) is 17.8 Å². The van der Waals surface area contributed by atoms with Crippen molar-refractivity contribution in [1.82, 2.24) is 4.90 Å². The Morgan fingerprint density at radius 2 is 1.81 bits per heavy atom. The monoisotopic (exact) mass is 453 g/mol. The third-order valence-electron chi connectivity index (χ3n) is 5.31. The first-order valence-electron chi connectivity index (χ1n) is 11.6. The van der Waals surface area contributed by atoms with Gasteiger partial charge in [0.25, 0.3) is 0 Å². The van der Waals surface area contributed by atoms with E-state index in [1.807, 2.05) is 18.2 Å². The summed E-state index contributed by atoms with van der Waals surface area (Å²) in [5.41, 5.74) is 4.29. The van der Waals surface area contributed by atoms with Crippen LogP contribution in [-0.2, 0) is 0 Å². The van der Waals surface area contributed by atoms with Crippen molar-refractivity contribution >= 4 is 24.0 Å². The maximum absolute atomic E-state index is 6.32. The van der Waals surface area contributed by atoms with E-state index in [2.05, 4.69) is 82.3 Å². The Bertz CT molecular complexity index is 822. The molecule has 1 rings (SSSR count). The van der Waals surface area contributed by atoms with Gasteiger partial charge in [-0.15, -0.1) is 0 Å². The van der Waals surface area contributed by atoms with E-state index in [1.54, 1.807) is 12.3 Å². The standard InChI is InChI=1S/C28H40ClN3/c1-8-12-23(27(15-17-30-6)31-26(13-9-2)14-10-3)16-18-32(7)28(11-4)24-19-22(5)20-25(29)21-24/h8,12,15-21,26,28H,1,6,9-11,13-14H2,2-5,7H3/b17-15-,18-16-,23-12+,31-27+. The van der Waals surface area contributed by atoms with E-state index in [-0.39, 0.29) is 6.04 Å². The van der Waals surface area contributed by atoms with Crippen molar-refractivity contribution < 1.29 is 0 Å². The lowest BCUT2D eigenvalue weighted by Crippen LogP contribution is -2.19. The van der Waals surface area contributed by atoms with E-state index in [9.17, 15) is 0 Å². The van der Waals surface area contributed by atoms with E-state index < -0.39 is 0 Å². The molecule has 0 aliphatic heterocycles. The zero-order chi connectivity index (χ0) is 23.9. The maximum atomic E-state index is 6.32. The van der Waals surface area contributed by atoms with Gasteiger partial charge in [0.2, 0.25) is 0 Å². The summed E-state index contributed by atoms with van der Waals surface area (Å²) in [6, 6.07) is 6.78. The molecule has 0 amide bonds. The molecule has 0 saturated carbocycles. The van der Waals surface area contributed by atoms with Gasteiger partial charge in [-0.1, -0.05) is 70.0 Å². The second-order valence-corrected chi connectivity index (χ2v) is 8.51. The molecule has 32 heavy (non-hydrogen) atoms. The van der Waals surface area contributed by atoms with Gasteiger partial charge in [0.1, 0.15) is 0 Å². The van der Waals surface area contributed by atoms with Crippen molar-refractivity contribution in [3.8, 4) is 0 Å². The summed E-state index contributed by atoms with van der Waals surface area (Å²) in [5.74, 6) is 0. The van der Waals surface area contributed by atoms with Crippen LogP contribution >= 0.6 is 11.6 Å². The van der Waals surface area contributed by atoms with Crippen molar-refractivity contribution in [1.29, 1.82) is 0 Å². The van der Waals surface area contributed by atoms with Crippen LogP contribution in [0.15, 0.2) is 77.0 Å². The summed E-state index contributed by atoms with van der Waals surface area (Å²) in [7, 11) is 2.10. The van der Waals surface area contributed by atoms with Gasteiger partial charge in [0.15, 0.2) is 0 Å². The van der Waals surface area contributed by atoms with Crippen LogP contribution in [0, 0.1) is 6.92 Å². The summed E-state index contributed by atoms with van der Waals surface area (Å²) in [6.45, 7) is 16.2. The van der Waals surface area contributed by atoms with Gasteiger partial charge in [-0.25, -0.2) is 0 Å². The molecule has 0 aliphatic rings.